The molecular formula is C39H50O24. The number of aliphatic hydroxyl groups is 13. The van der Waals surface area contributed by atoms with Gasteiger partial charge in [0.05, 0.1) is 37.6 Å². The van der Waals surface area contributed by atoms with Crippen molar-refractivity contribution in [2.24, 2.45) is 0 Å². The Morgan fingerprint density at radius 3 is 1.62 bits per heavy atom. The van der Waals surface area contributed by atoms with Crippen LogP contribution >= 0.6 is 0 Å². The Hall–Kier alpha value is -3.42. The van der Waals surface area contributed by atoms with Gasteiger partial charge in [0.25, 0.3) is 0 Å². The Morgan fingerprint density at radius 2 is 1.02 bits per heavy atom. The second-order valence-electron chi connectivity index (χ2n) is 15.9. The van der Waals surface area contributed by atoms with Gasteiger partial charge in [0.15, 0.2) is 24.7 Å². The summed E-state index contributed by atoms with van der Waals surface area (Å²) in [5, 5.41) is 147. The highest BCUT2D eigenvalue weighted by molar-refractivity contribution is 6.30. The number of aliphatic hydroxyl groups excluding tert-OH is 13. The molecular weight excluding hydrogens is 852 g/mol. The van der Waals surface area contributed by atoms with Gasteiger partial charge in [0, 0.05) is 11.1 Å². The molecule has 20 atom stereocenters. The summed E-state index contributed by atoms with van der Waals surface area (Å²) in [6.45, 7) is -1.62. The van der Waals surface area contributed by atoms with E-state index in [0.717, 1.165) is 0 Å². The van der Waals surface area contributed by atoms with Crippen LogP contribution in [0.25, 0.3) is 0 Å². The van der Waals surface area contributed by atoms with E-state index in [0.29, 0.717) is 5.56 Å². The summed E-state index contributed by atoms with van der Waals surface area (Å²) in [5.41, 5.74) is -0.222. The molecule has 7 rings (SSSR count). The second kappa shape index (κ2) is 19.2. The highest BCUT2D eigenvalue weighted by Crippen LogP contribution is 2.39. The third kappa shape index (κ3) is 8.97. The van der Waals surface area contributed by atoms with Gasteiger partial charge in [0.2, 0.25) is 12.1 Å². The van der Waals surface area contributed by atoms with Crippen LogP contribution in [0.4, 0.5) is 0 Å². The Labute approximate surface area is 356 Å². The molecule has 1 aliphatic carbocycles. The first-order valence-corrected chi connectivity index (χ1v) is 19.8. The van der Waals surface area contributed by atoms with Crippen LogP contribution in [-0.4, -0.2) is 232 Å². The SMILES string of the molecule is Cc1cc(O[C@@H]2O[C@H](CO[C@@H]3O[C@H](CO[C@@H]4O[C@H](CO)[C@@H](O)[C@H](O[C@@H]5O[C@H](CO)[C@@H](O)[C@H](O)[C@H]5O)[C@H]4O)[C@@H](O)[C@H](O)[C@H]3O)[C@@H](O)[C@H](O)[C@H]2O)c2c(c1)C(=O)c1cccc(O)c1C2=O. The lowest BCUT2D eigenvalue weighted by molar-refractivity contribution is -0.366. The van der Waals surface area contributed by atoms with Crippen LogP contribution in [0.1, 0.15) is 37.4 Å². The van der Waals surface area contributed by atoms with Crippen molar-refractivity contribution in [3.8, 4) is 11.5 Å². The first-order chi connectivity index (χ1) is 29.9. The molecule has 0 aromatic heterocycles. The van der Waals surface area contributed by atoms with Gasteiger partial charge < -0.3 is 109 Å². The van der Waals surface area contributed by atoms with Gasteiger partial charge >= 0.3 is 0 Å². The number of fused-ring (bicyclic) bond motifs is 2. The Morgan fingerprint density at radius 1 is 0.524 bits per heavy atom. The number of hydrogen-bond acceptors (Lipinski definition) is 24. The summed E-state index contributed by atoms with van der Waals surface area (Å²) >= 11 is 0. The topological polar surface area (TPSA) is 391 Å². The molecule has 24 nitrogen and oxygen atoms in total. The summed E-state index contributed by atoms with van der Waals surface area (Å²) in [4.78, 5) is 27.1. The van der Waals surface area contributed by atoms with Crippen molar-refractivity contribution in [2.45, 2.75) is 130 Å². The molecule has 0 amide bonds. The molecule has 4 aliphatic heterocycles. The third-order valence-corrected chi connectivity index (χ3v) is 11.6. The molecule has 63 heavy (non-hydrogen) atoms. The number of benzene rings is 2. The van der Waals surface area contributed by atoms with Crippen LogP contribution in [-0.2, 0) is 33.2 Å². The molecule has 5 aliphatic rings. The van der Waals surface area contributed by atoms with E-state index in [1.807, 2.05) is 0 Å². The van der Waals surface area contributed by atoms with Crippen molar-refractivity contribution in [2.75, 3.05) is 26.4 Å². The average Bonchev–Trinajstić information content (AvgIpc) is 3.26. The summed E-state index contributed by atoms with van der Waals surface area (Å²) < 4.78 is 44.8. The fraction of sp³-hybridized carbons (Fsp3) is 0.641. The Balaban J connectivity index is 1.01. The van der Waals surface area contributed by atoms with E-state index in [9.17, 15) is 81.1 Å². The first kappa shape index (κ1) is 47.5. The van der Waals surface area contributed by atoms with E-state index in [2.05, 4.69) is 0 Å². The molecule has 14 N–H and O–H groups in total. The van der Waals surface area contributed by atoms with Crippen molar-refractivity contribution >= 4 is 11.6 Å². The van der Waals surface area contributed by atoms with E-state index in [1.165, 1.54) is 30.3 Å². The number of ether oxygens (including phenoxy) is 8. The van der Waals surface area contributed by atoms with Crippen LogP contribution < -0.4 is 4.74 Å². The molecule has 350 valence electrons. The molecule has 4 fully saturated rings. The number of aryl methyl sites for hydroxylation is 1. The monoisotopic (exact) mass is 902 g/mol. The third-order valence-electron chi connectivity index (χ3n) is 11.6. The fourth-order valence-electron chi connectivity index (χ4n) is 8.03. The van der Waals surface area contributed by atoms with E-state index in [4.69, 9.17) is 37.9 Å². The maximum absolute atomic E-state index is 13.7. The number of hydrogen-bond donors (Lipinski definition) is 14. The standard InChI is InChI=1S/C39H50O24/c1-11-5-13-21(27(48)20-12(22(13)43)3-2-4-14(20)42)15(6-11)58-38-32(53)30(51)25(46)19(62-38)10-56-36-31(52)29(50)24(45)18(61-36)9-57-37-34(55)35(26(47)17(8-41)59-37)63-39-33(54)28(49)23(44)16(7-40)60-39/h2-6,16-19,23-26,28-42,44-47,49-55H,7-10H2,1H3/t16-,17-,18-,19-,23-,24-,25-,26-,28+,29+,30+,31-,32-,33-,34-,35+,36-,37-,38-,39+/m1/s1. The Bertz CT molecular complexity index is 1950. The summed E-state index contributed by atoms with van der Waals surface area (Å²) in [7, 11) is 0. The number of aromatic hydroxyl groups is 1. The van der Waals surface area contributed by atoms with Gasteiger partial charge in [-0.15, -0.1) is 0 Å². The molecule has 4 heterocycles. The van der Waals surface area contributed by atoms with Crippen LogP contribution in [0.3, 0.4) is 0 Å². The molecule has 2 aromatic rings. The molecule has 0 bridgehead atoms. The van der Waals surface area contributed by atoms with Crippen LogP contribution in [0.2, 0.25) is 0 Å². The number of phenolic OH excluding ortho intramolecular Hbond substituents is 1. The highest BCUT2D eigenvalue weighted by Gasteiger charge is 2.53. The minimum absolute atomic E-state index is 0.0456. The first-order valence-electron chi connectivity index (χ1n) is 19.8. The van der Waals surface area contributed by atoms with Crippen molar-refractivity contribution in [3.05, 3.63) is 58.1 Å². The van der Waals surface area contributed by atoms with Gasteiger partial charge in [0.1, 0.15) is 109 Å². The van der Waals surface area contributed by atoms with Gasteiger partial charge in [-0.25, -0.2) is 0 Å². The summed E-state index contributed by atoms with van der Waals surface area (Å²) in [6.07, 6.45) is -36.2. The number of ketones is 2. The lowest BCUT2D eigenvalue weighted by Gasteiger charge is -2.46. The van der Waals surface area contributed by atoms with Gasteiger partial charge in [-0.1, -0.05) is 12.1 Å². The number of rotatable bonds is 12. The van der Waals surface area contributed by atoms with E-state index >= 15 is 0 Å². The molecule has 0 spiro atoms. The normalized spacial score (nSPS) is 41.8. The minimum Gasteiger partial charge on any atom is -0.507 e. The van der Waals surface area contributed by atoms with Crippen molar-refractivity contribution in [1.29, 1.82) is 0 Å². The van der Waals surface area contributed by atoms with E-state index in [-0.39, 0.29) is 28.0 Å². The zero-order valence-corrected chi connectivity index (χ0v) is 33.1. The van der Waals surface area contributed by atoms with Gasteiger partial charge in [-0.05, 0) is 30.7 Å². The molecule has 0 saturated carbocycles. The van der Waals surface area contributed by atoms with Crippen LogP contribution in [0.15, 0.2) is 30.3 Å². The van der Waals surface area contributed by atoms with Gasteiger partial charge in [-0.2, -0.15) is 0 Å². The highest BCUT2D eigenvalue weighted by atomic mass is 16.8. The molecule has 24 heteroatoms. The zero-order chi connectivity index (χ0) is 45.8. The number of carbonyl (C=O) groups excluding carboxylic acids is 2. The van der Waals surface area contributed by atoms with Crippen molar-refractivity contribution < 1.29 is 119 Å². The van der Waals surface area contributed by atoms with Crippen LogP contribution in [0, 0.1) is 6.92 Å². The van der Waals surface area contributed by atoms with Gasteiger partial charge in [-0.3, -0.25) is 9.59 Å². The lowest BCUT2D eigenvalue weighted by Crippen LogP contribution is -2.65. The largest absolute Gasteiger partial charge is 0.507 e. The van der Waals surface area contributed by atoms with Crippen LogP contribution in [0.5, 0.6) is 11.5 Å². The fourth-order valence-corrected chi connectivity index (χ4v) is 8.03. The average molecular weight is 903 g/mol. The predicted molar refractivity (Wildman–Crippen MR) is 198 cm³/mol. The maximum atomic E-state index is 13.7. The zero-order valence-electron chi connectivity index (χ0n) is 33.1. The Kier molecular flexibility index (Phi) is 14.5. The van der Waals surface area contributed by atoms with E-state index in [1.54, 1.807) is 6.92 Å². The quantitative estimate of drug-likeness (QED) is 0.0803. The van der Waals surface area contributed by atoms with E-state index < -0.39 is 167 Å². The number of phenols is 1. The lowest BCUT2D eigenvalue weighted by atomic mass is 9.82. The predicted octanol–water partition coefficient (Wildman–Crippen LogP) is -6.87. The smallest absolute Gasteiger partial charge is 0.229 e. The maximum Gasteiger partial charge on any atom is 0.229 e. The number of carbonyl (C=O) groups is 2. The molecule has 2 aromatic carbocycles. The molecule has 0 radical (unpaired) electrons. The summed E-state index contributed by atoms with van der Waals surface area (Å²) in [6, 6.07) is 6.78. The van der Waals surface area contributed by atoms with Crippen molar-refractivity contribution in [3.63, 3.8) is 0 Å². The molecule has 0 unspecified atom stereocenters. The molecule has 4 saturated heterocycles. The minimum atomic E-state index is -1.98. The second-order valence-corrected chi connectivity index (χ2v) is 15.9. The summed E-state index contributed by atoms with van der Waals surface area (Å²) in [5.74, 6) is -2.11. The van der Waals surface area contributed by atoms with Crippen molar-refractivity contribution in [1.82, 2.24) is 0 Å².